The highest BCUT2D eigenvalue weighted by molar-refractivity contribution is 5.89. The number of benzene rings is 2. The van der Waals surface area contributed by atoms with Crippen LogP contribution >= 0.6 is 0 Å². The Labute approximate surface area is 189 Å². The number of hydrogen-bond donors (Lipinski definition) is 2. The summed E-state index contributed by atoms with van der Waals surface area (Å²) in [4.78, 5) is 21.7. The van der Waals surface area contributed by atoms with Crippen molar-refractivity contribution in [3.05, 3.63) is 90.8 Å². The SMILES string of the molecule is O=C(NCC1CN(Cc2cccnc2)CC12CN(c1ccccc1)C2)Nc1ccccc1. The molecule has 1 spiro atoms. The highest BCUT2D eigenvalue weighted by Gasteiger charge is 2.53. The fraction of sp³-hybridized carbons (Fsp3) is 0.308. The minimum absolute atomic E-state index is 0.142. The Hall–Kier alpha value is -3.38. The Bertz CT molecular complexity index is 1020. The van der Waals surface area contributed by atoms with Crippen LogP contribution in [0, 0.1) is 11.3 Å². The van der Waals surface area contributed by atoms with Gasteiger partial charge in [0.1, 0.15) is 0 Å². The average molecular weight is 428 g/mol. The molecule has 5 rings (SSSR count). The third-order valence-electron chi connectivity index (χ3n) is 6.69. The average Bonchev–Trinajstić information content (AvgIpc) is 3.17. The van der Waals surface area contributed by atoms with Crippen LogP contribution in [0.2, 0.25) is 0 Å². The Balaban J connectivity index is 1.24. The van der Waals surface area contributed by atoms with Gasteiger partial charge in [0.25, 0.3) is 0 Å². The zero-order valence-electron chi connectivity index (χ0n) is 18.2. The molecule has 0 saturated carbocycles. The summed E-state index contributed by atoms with van der Waals surface area (Å²) in [6, 6.07) is 24.2. The number of para-hydroxylation sites is 2. The van der Waals surface area contributed by atoms with Gasteiger partial charge in [-0.3, -0.25) is 9.88 Å². The van der Waals surface area contributed by atoms with Crippen LogP contribution in [-0.2, 0) is 6.54 Å². The molecule has 2 aliphatic heterocycles. The molecule has 2 saturated heterocycles. The molecule has 1 atom stereocenters. The molecule has 2 aliphatic rings. The van der Waals surface area contributed by atoms with E-state index in [0.29, 0.717) is 12.5 Å². The maximum atomic E-state index is 12.5. The van der Waals surface area contributed by atoms with Gasteiger partial charge in [0.05, 0.1) is 0 Å². The van der Waals surface area contributed by atoms with Gasteiger partial charge in [0, 0.05) is 68.5 Å². The maximum absolute atomic E-state index is 12.5. The second-order valence-corrected chi connectivity index (χ2v) is 8.98. The number of pyridine rings is 1. The first-order chi connectivity index (χ1) is 15.7. The van der Waals surface area contributed by atoms with Crippen LogP contribution in [0.5, 0.6) is 0 Å². The standard InChI is InChI=1S/C26H29N5O/c32-25(29-23-9-3-1-4-10-23)28-15-22-17-30(16-21-8-7-13-27-14-21)18-26(22)19-31(20-26)24-11-5-2-6-12-24/h1-14,22H,15-20H2,(H2,28,29,32). The smallest absolute Gasteiger partial charge is 0.319 e. The zero-order chi connectivity index (χ0) is 21.8. The highest BCUT2D eigenvalue weighted by Crippen LogP contribution is 2.45. The molecular weight excluding hydrogens is 398 g/mol. The number of aromatic nitrogens is 1. The fourth-order valence-electron chi connectivity index (χ4n) is 5.10. The number of urea groups is 1. The zero-order valence-corrected chi connectivity index (χ0v) is 18.2. The topological polar surface area (TPSA) is 60.5 Å². The van der Waals surface area contributed by atoms with Gasteiger partial charge in [0.2, 0.25) is 0 Å². The lowest BCUT2D eigenvalue weighted by atomic mass is 9.71. The van der Waals surface area contributed by atoms with Gasteiger partial charge in [0.15, 0.2) is 0 Å². The normalized spacial score (nSPS) is 19.5. The first-order valence-electron chi connectivity index (χ1n) is 11.2. The van der Waals surface area contributed by atoms with Crippen molar-refractivity contribution < 1.29 is 4.79 Å². The molecule has 2 amide bonds. The largest absolute Gasteiger partial charge is 0.370 e. The molecule has 3 aromatic rings. The summed E-state index contributed by atoms with van der Waals surface area (Å²) >= 11 is 0. The van der Waals surface area contributed by atoms with Crippen LogP contribution in [0.15, 0.2) is 85.2 Å². The van der Waals surface area contributed by atoms with E-state index < -0.39 is 0 Å². The van der Waals surface area contributed by atoms with E-state index in [0.717, 1.165) is 38.4 Å². The van der Waals surface area contributed by atoms with E-state index in [2.05, 4.69) is 61.8 Å². The molecule has 2 fully saturated rings. The van der Waals surface area contributed by atoms with E-state index in [4.69, 9.17) is 0 Å². The van der Waals surface area contributed by atoms with Crippen molar-refractivity contribution in [2.45, 2.75) is 6.54 Å². The minimum atomic E-state index is -0.142. The Morgan fingerprint density at radius 1 is 0.969 bits per heavy atom. The van der Waals surface area contributed by atoms with Gasteiger partial charge in [-0.05, 0) is 41.8 Å². The third kappa shape index (κ3) is 4.46. The number of nitrogens with zero attached hydrogens (tertiary/aromatic N) is 3. The van der Waals surface area contributed by atoms with E-state index >= 15 is 0 Å². The molecule has 1 unspecified atom stereocenters. The summed E-state index contributed by atoms with van der Waals surface area (Å²) in [5.74, 6) is 0.403. The predicted octanol–water partition coefficient (Wildman–Crippen LogP) is 3.84. The molecule has 2 aromatic carbocycles. The van der Waals surface area contributed by atoms with Crippen molar-refractivity contribution >= 4 is 17.4 Å². The number of hydrogen-bond acceptors (Lipinski definition) is 4. The van der Waals surface area contributed by atoms with Crippen molar-refractivity contribution in [3.63, 3.8) is 0 Å². The molecule has 32 heavy (non-hydrogen) atoms. The van der Waals surface area contributed by atoms with Gasteiger partial charge in [-0.1, -0.05) is 42.5 Å². The number of rotatable bonds is 6. The molecule has 0 radical (unpaired) electrons. The van der Waals surface area contributed by atoms with Crippen LogP contribution < -0.4 is 15.5 Å². The number of anilines is 2. The maximum Gasteiger partial charge on any atom is 0.319 e. The van der Waals surface area contributed by atoms with Crippen LogP contribution in [0.25, 0.3) is 0 Å². The van der Waals surface area contributed by atoms with Crippen LogP contribution in [-0.4, -0.2) is 48.6 Å². The first kappa shape index (κ1) is 20.5. The lowest BCUT2D eigenvalue weighted by molar-refractivity contribution is 0.155. The van der Waals surface area contributed by atoms with Crippen molar-refractivity contribution in [2.75, 3.05) is 42.9 Å². The lowest BCUT2D eigenvalue weighted by Crippen LogP contribution is -2.62. The molecule has 164 valence electrons. The van der Waals surface area contributed by atoms with E-state index in [1.54, 1.807) is 0 Å². The van der Waals surface area contributed by atoms with Gasteiger partial charge < -0.3 is 15.5 Å². The van der Waals surface area contributed by atoms with E-state index in [-0.39, 0.29) is 11.4 Å². The van der Waals surface area contributed by atoms with Crippen molar-refractivity contribution in [3.8, 4) is 0 Å². The molecule has 6 heteroatoms. The summed E-state index contributed by atoms with van der Waals surface area (Å²) in [5.41, 5.74) is 3.51. The van der Waals surface area contributed by atoms with Crippen LogP contribution in [0.4, 0.5) is 16.2 Å². The third-order valence-corrected chi connectivity index (χ3v) is 6.69. The van der Waals surface area contributed by atoms with Gasteiger partial charge in [-0.2, -0.15) is 0 Å². The Kier molecular flexibility index (Phi) is 5.77. The molecule has 2 N–H and O–H groups in total. The predicted molar refractivity (Wildman–Crippen MR) is 128 cm³/mol. The summed E-state index contributed by atoms with van der Waals surface area (Å²) in [6.07, 6.45) is 3.76. The molecule has 1 aromatic heterocycles. The molecule has 0 bridgehead atoms. The number of amides is 2. The molecule has 0 aliphatic carbocycles. The Morgan fingerprint density at radius 3 is 2.44 bits per heavy atom. The highest BCUT2D eigenvalue weighted by atomic mass is 16.2. The quantitative estimate of drug-likeness (QED) is 0.628. The molecule has 6 nitrogen and oxygen atoms in total. The lowest BCUT2D eigenvalue weighted by Gasteiger charge is -2.52. The first-order valence-corrected chi connectivity index (χ1v) is 11.2. The summed E-state index contributed by atoms with van der Waals surface area (Å²) in [5, 5.41) is 6.06. The van der Waals surface area contributed by atoms with E-state index in [1.807, 2.05) is 48.8 Å². The summed E-state index contributed by atoms with van der Waals surface area (Å²) < 4.78 is 0. The van der Waals surface area contributed by atoms with Gasteiger partial charge >= 0.3 is 6.03 Å². The minimum Gasteiger partial charge on any atom is -0.370 e. The van der Waals surface area contributed by atoms with Crippen molar-refractivity contribution in [2.24, 2.45) is 11.3 Å². The second-order valence-electron chi connectivity index (χ2n) is 8.98. The van der Waals surface area contributed by atoms with Crippen molar-refractivity contribution in [1.82, 2.24) is 15.2 Å². The number of likely N-dealkylation sites (tertiary alicyclic amines) is 1. The number of carbonyl (C=O) groups is 1. The van der Waals surface area contributed by atoms with Gasteiger partial charge in [-0.25, -0.2) is 4.79 Å². The summed E-state index contributed by atoms with van der Waals surface area (Å²) in [7, 11) is 0. The molecular formula is C26H29N5O. The monoisotopic (exact) mass is 427 g/mol. The fourth-order valence-corrected chi connectivity index (χ4v) is 5.10. The van der Waals surface area contributed by atoms with Crippen LogP contribution in [0.3, 0.4) is 0 Å². The second kappa shape index (κ2) is 9.01. The summed E-state index contributed by atoms with van der Waals surface area (Å²) in [6.45, 7) is 5.62. The van der Waals surface area contributed by atoms with E-state index in [1.165, 1.54) is 11.3 Å². The number of carbonyl (C=O) groups excluding carboxylic acids is 1. The van der Waals surface area contributed by atoms with Crippen molar-refractivity contribution in [1.29, 1.82) is 0 Å². The van der Waals surface area contributed by atoms with E-state index in [9.17, 15) is 4.79 Å². The van der Waals surface area contributed by atoms with Crippen LogP contribution in [0.1, 0.15) is 5.56 Å². The number of nitrogens with one attached hydrogen (secondary N) is 2. The Morgan fingerprint density at radius 2 is 1.72 bits per heavy atom. The van der Waals surface area contributed by atoms with Gasteiger partial charge in [-0.15, -0.1) is 0 Å². The molecule has 3 heterocycles.